The van der Waals surface area contributed by atoms with Gasteiger partial charge >= 0.3 is 0 Å². The minimum atomic E-state index is -0.217. The monoisotopic (exact) mass is 573 g/mol. The van der Waals surface area contributed by atoms with Gasteiger partial charge in [0, 0.05) is 55.8 Å². The number of pyridine rings is 2. The van der Waals surface area contributed by atoms with Crippen LogP contribution in [-0.4, -0.2) is 58.0 Å². The number of fused-ring (bicyclic) bond motifs is 3. The van der Waals surface area contributed by atoms with Gasteiger partial charge in [-0.3, -0.25) is 18.8 Å². The molecule has 0 aliphatic carbocycles. The highest BCUT2D eigenvalue weighted by atomic mass is 35.5. The second-order valence-electron chi connectivity index (χ2n) is 10.7. The summed E-state index contributed by atoms with van der Waals surface area (Å²) in [4.78, 5) is 36.7. The van der Waals surface area contributed by atoms with E-state index in [0.29, 0.717) is 41.7 Å². The van der Waals surface area contributed by atoms with Crippen molar-refractivity contribution in [1.29, 1.82) is 0 Å². The van der Waals surface area contributed by atoms with E-state index in [4.69, 9.17) is 16.7 Å². The Morgan fingerprint density at radius 1 is 1.24 bits per heavy atom. The van der Waals surface area contributed by atoms with Gasteiger partial charge in [0.15, 0.2) is 0 Å². The highest BCUT2D eigenvalue weighted by molar-refractivity contribution is 6.29. The van der Waals surface area contributed by atoms with Crippen molar-refractivity contribution < 1.29 is 4.79 Å². The first-order chi connectivity index (χ1) is 19.7. The van der Waals surface area contributed by atoms with Crippen molar-refractivity contribution in [2.45, 2.75) is 52.7 Å². The Bertz CT molecular complexity index is 1870. The molecule has 6 rings (SSSR count). The summed E-state index contributed by atoms with van der Waals surface area (Å²) in [5.41, 5.74) is 3.96. The van der Waals surface area contributed by atoms with Crippen LogP contribution in [0.5, 0.6) is 0 Å². The molecule has 2 unspecified atom stereocenters. The van der Waals surface area contributed by atoms with Gasteiger partial charge in [0.2, 0.25) is 11.7 Å². The predicted molar refractivity (Wildman–Crippen MR) is 159 cm³/mol. The minimum Gasteiger partial charge on any atom is -0.377 e. The molecule has 1 amide bonds. The van der Waals surface area contributed by atoms with Crippen LogP contribution in [0.1, 0.15) is 50.4 Å². The van der Waals surface area contributed by atoms with Crippen molar-refractivity contribution in [1.82, 2.24) is 39.0 Å². The van der Waals surface area contributed by atoms with Gasteiger partial charge < -0.3 is 10.2 Å². The Morgan fingerprint density at radius 3 is 2.73 bits per heavy atom. The molecule has 11 nitrogen and oxygen atoms in total. The number of halogens is 1. The van der Waals surface area contributed by atoms with Crippen molar-refractivity contribution in [2.75, 3.05) is 18.4 Å². The van der Waals surface area contributed by atoms with Gasteiger partial charge in [0.05, 0.1) is 17.9 Å². The van der Waals surface area contributed by atoms with Crippen molar-refractivity contribution in [3.8, 4) is 11.5 Å². The normalized spacial score (nSPS) is 16.1. The first-order valence-electron chi connectivity index (χ1n) is 13.7. The molecule has 1 aromatic carbocycles. The van der Waals surface area contributed by atoms with Crippen molar-refractivity contribution in [2.24, 2.45) is 7.05 Å². The summed E-state index contributed by atoms with van der Waals surface area (Å²) in [6.07, 6.45) is 4.27. The molecule has 0 saturated carbocycles. The van der Waals surface area contributed by atoms with Crippen molar-refractivity contribution >= 4 is 45.0 Å². The molecule has 212 valence electrons. The van der Waals surface area contributed by atoms with E-state index in [1.54, 1.807) is 35.6 Å². The van der Waals surface area contributed by atoms with Gasteiger partial charge in [-0.15, -0.1) is 5.10 Å². The zero-order chi connectivity index (χ0) is 29.0. The van der Waals surface area contributed by atoms with Gasteiger partial charge in [0.25, 0.3) is 5.56 Å². The number of nitrogens with zero attached hydrogens (tertiary/aromatic N) is 8. The lowest BCUT2D eigenvalue weighted by Crippen LogP contribution is -2.28. The molecule has 2 atom stereocenters. The van der Waals surface area contributed by atoms with E-state index < -0.39 is 0 Å². The van der Waals surface area contributed by atoms with Crippen LogP contribution in [-0.2, 0) is 18.4 Å². The molecule has 1 N–H and O–H groups in total. The Kier molecular flexibility index (Phi) is 6.77. The first kappa shape index (κ1) is 26.9. The second-order valence-corrected chi connectivity index (χ2v) is 11.1. The Hall–Kier alpha value is -4.25. The fourth-order valence-electron chi connectivity index (χ4n) is 5.94. The number of anilines is 1. The highest BCUT2D eigenvalue weighted by Crippen LogP contribution is 2.36. The van der Waals surface area contributed by atoms with E-state index in [9.17, 15) is 9.59 Å². The Morgan fingerprint density at radius 2 is 2.05 bits per heavy atom. The van der Waals surface area contributed by atoms with E-state index >= 15 is 0 Å². The third kappa shape index (κ3) is 4.63. The third-order valence-electron chi connectivity index (χ3n) is 7.86. The molecule has 0 bridgehead atoms. The predicted octanol–water partition coefficient (Wildman–Crippen LogP) is 4.49. The van der Waals surface area contributed by atoms with Crippen LogP contribution >= 0.6 is 11.6 Å². The molecular weight excluding hydrogens is 542 g/mol. The van der Waals surface area contributed by atoms with Crippen LogP contribution in [0.4, 0.5) is 5.69 Å². The Balaban J connectivity index is 1.51. The lowest BCUT2D eigenvalue weighted by Gasteiger charge is -2.22. The topological polar surface area (TPSA) is 116 Å². The summed E-state index contributed by atoms with van der Waals surface area (Å²) < 4.78 is 5.36. The highest BCUT2D eigenvalue weighted by Gasteiger charge is 2.29. The van der Waals surface area contributed by atoms with Gasteiger partial charge in [-0.25, -0.2) is 14.6 Å². The molecule has 4 aromatic heterocycles. The number of amides is 1. The van der Waals surface area contributed by atoms with Crippen molar-refractivity contribution in [3.05, 3.63) is 63.4 Å². The van der Waals surface area contributed by atoms with E-state index in [-0.39, 0.29) is 23.6 Å². The first-order valence-corrected chi connectivity index (χ1v) is 14.1. The van der Waals surface area contributed by atoms with E-state index in [2.05, 4.69) is 33.4 Å². The maximum atomic E-state index is 14.0. The molecule has 12 heteroatoms. The van der Waals surface area contributed by atoms with Gasteiger partial charge in [-0.2, -0.15) is 5.10 Å². The van der Waals surface area contributed by atoms with Crippen LogP contribution < -0.4 is 10.9 Å². The lowest BCUT2D eigenvalue weighted by atomic mass is 9.95. The van der Waals surface area contributed by atoms with Crippen molar-refractivity contribution in [3.63, 3.8) is 0 Å². The molecule has 1 saturated heterocycles. The number of benzene rings is 1. The fourth-order valence-corrected chi connectivity index (χ4v) is 6.08. The number of aryl methyl sites for hydroxylation is 3. The SMILES string of the molecule is CCn1c(=O)c2cc(C)cc(C(C)Nc3ccc(Cl)nc3-c3ncn(C)n3)c2c2cnn(C3CCN(C(C)=O)C3)c21. The van der Waals surface area contributed by atoms with Gasteiger partial charge in [-0.05, 0) is 56.5 Å². The lowest BCUT2D eigenvalue weighted by molar-refractivity contribution is -0.127. The zero-order valence-corrected chi connectivity index (χ0v) is 24.5. The molecular formula is C29H32ClN9O2. The number of nitrogens with one attached hydrogen (secondary N) is 1. The number of aromatic nitrogens is 7. The summed E-state index contributed by atoms with van der Waals surface area (Å²) >= 11 is 6.25. The van der Waals surface area contributed by atoms with Crippen LogP contribution in [0, 0.1) is 6.92 Å². The number of carbonyl (C=O) groups excluding carboxylic acids is 1. The number of rotatable bonds is 6. The molecule has 0 spiro atoms. The molecule has 1 aliphatic heterocycles. The summed E-state index contributed by atoms with van der Waals surface area (Å²) in [7, 11) is 1.80. The van der Waals surface area contributed by atoms with Crippen LogP contribution in [0.2, 0.25) is 5.15 Å². The van der Waals surface area contributed by atoms with Crippen LogP contribution in [0.3, 0.4) is 0 Å². The van der Waals surface area contributed by atoms with E-state index in [1.165, 1.54) is 0 Å². The molecule has 5 heterocycles. The largest absolute Gasteiger partial charge is 0.377 e. The summed E-state index contributed by atoms with van der Waals surface area (Å²) in [5, 5.41) is 15.6. The summed E-state index contributed by atoms with van der Waals surface area (Å²) in [5.74, 6) is 0.515. The molecule has 1 aliphatic rings. The molecule has 41 heavy (non-hydrogen) atoms. The smallest absolute Gasteiger partial charge is 0.260 e. The Labute approximate surface area is 241 Å². The van der Waals surface area contributed by atoms with Crippen LogP contribution in [0.25, 0.3) is 33.3 Å². The summed E-state index contributed by atoms with van der Waals surface area (Å²) in [6.45, 7) is 9.39. The fraction of sp³-hybridized carbons (Fsp3) is 0.379. The minimum absolute atomic E-state index is 0.00377. The number of carbonyl (C=O) groups is 1. The molecule has 5 aromatic rings. The standard InChI is InChI=1S/C29H32ClN9O2/c1-6-38-28-22(13-32-39(28)19-9-10-37(14-19)18(4)40)25-20(11-16(2)12-21(25)29(38)41)17(3)33-23-7-8-24(30)34-26(23)27-31-15-36(5)35-27/h7-8,11-13,15,17,19,33H,6,9-10,14H2,1-5H3. The zero-order valence-electron chi connectivity index (χ0n) is 23.7. The number of hydrogen-bond acceptors (Lipinski definition) is 7. The molecule has 1 fully saturated rings. The quantitative estimate of drug-likeness (QED) is 0.298. The third-order valence-corrected chi connectivity index (χ3v) is 8.08. The second kappa shape index (κ2) is 10.3. The average molecular weight is 574 g/mol. The maximum Gasteiger partial charge on any atom is 0.260 e. The number of hydrogen-bond donors (Lipinski definition) is 1. The van der Waals surface area contributed by atoms with Gasteiger partial charge in [0.1, 0.15) is 22.8 Å². The maximum absolute atomic E-state index is 14.0. The van der Waals surface area contributed by atoms with Crippen LogP contribution in [0.15, 0.2) is 41.6 Å². The van der Waals surface area contributed by atoms with E-state index in [1.807, 2.05) is 41.8 Å². The average Bonchev–Trinajstić information content (AvgIpc) is 3.69. The molecule has 0 radical (unpaired) electrons. The van der Waals surface area contributed by atoms with E-state index in [0.717, 1.165) is 39.7 Å². The summed E-state index contributed by atoms with van der Waals surface area (Å²) in [6, 6.07) is 7.45. The number of likely N-dealkylation sites (tertiary alicyclic amines) is 1. The van der Waals surface area contributed by atoms with Gasteiger partial charge in [-0.1, -0.05) is 17.7 Å².